The number of hydrogen-bond donors (Lipinski definition) is 4. The number of hydrogen-bond acceptors (Lipinski definition) is 6. The van der Waals surface area contributed by atoms with E-state index in [1.165, 1.54) is 12.1 Å². The molecule has 130 valence electrons. The van der Waals surface area contributed by atoms with Crippen molar-refractivity contribution in [1.82, 2.24) is 0 Å². The molecule has 0 bridgehead atoms. The van der Waals surface area contributed by atoms with Gasteiger partial charge in [0.15, 0.2) is 0 Å². The lowest BCUT2D eigenvalue weighted by Crippen LogP contribution is -2.23. The monoisotopic (exact) mass is 334 g/mol. The van der Waals surface area contributed by atoms with Crippen LogP contribution in [0.5, 0.6) is 11.5 Å². The van der Waals surface area contributed by atoms with E-state index in [0.717, 1.165) is 6.07 Å². The van der Waals surface area contributed by atoms with Crippen molar-refractivity contribution in [3.63, 3.8) is 0 Å². The van der Waals surface area contributed by atoms with Crippen LogP contribution in [0.4, 0.5) is 0 Å². The average molecular weight is 334 g/mol. The molecule has 1 aromatic carbocycles. The number of cyclic esters (lactones) is 1. The Kier molecular flexibility index (Phi) is 6.00. The van der Waals surface area contributed by atoms with E-state index in [9.17, 15) is 25.2 Å². The minimum Gasteiger partial charge on any atom is -0.508 e. The SMILES string of the molecule is C[C@@H]1CC=C[C@@H](O)[C@H](O)CCC=Cc2cc(O)cc(O)c2C(=O)O1. The van der Waals surface area contributed by atoms with Crippen LogP contribution in [0.15, 0.2) is 30.4 Å². The van der Waals surface area contributed by atoms with Gasteiger partial charge in [0.2, 0.25) is 0 Å². The molecule has 2 rings (SSSR count). The lowest BCUT2D eigenvalue weighted by atomic mass is 10.0. The van der Waals surface area contributed by atoms with Gasteiger partial charge in [0.25, 0.3) is 0 Å². The summed E-state index contributed by atoms with van der Waals surface area (Å²) in [5, 5.41) is 39.3. The number of ether oxygens (including phenoxy) is 1. The molecule has 0 radical (unpaired) electrons. The largest absolute Gasteiger partial charge is 0.508 e. The summed E-state index contributed by atoms with van der Waals surface area (Å²) in [4.78, 5) is 12.3. The molecule has 0 aromatic heterocycles. The van der Waals surface area contributed by atoms with Gasteiger partial charge in [-0.25, -0.2) is 4.79 Å². The van der Waals surface area contributed by atoms with Gasteiger partial charge in [-0.15, -0.1) is 0 Å². The lowest BCUT2D eigenvalue weighted by molar-refractivity contribution is 0.0337. The molecule has 1 aliphatic heterocycles. The Morgan fingerprint density at radius 1 is 1.17 bits per heavy atom. The van der Waals surface area contributed by atoms with Gasteiger partial charge in [-0.3, -0.25) is 0 Å². The molecule has 3 atom stereocenters. The zero-order chi connectivity index (χ0) is 17.7. The van der Waals surface area contributed by atoms with E-state index in [2.05, 4.69) is 0 Å². The number of carbonyl (C=O) groups is 1. The number of rotatable bonds is 0. The number of phenols is 2. The summed E-state index contributed by atoms with van der Waals surface area (Å²) in [7, 11) is 0. The number of aliphatic hydroxyl groups is 2. The van der Waals surface area contributed by atoms with E-state index in [1.54, 1.807) is 25.2 Å². The Hall–Kier alpha value is -2.31. The van der Waals surface area contributed by atoms with Crippen LogP contribution in [0.2, 0.25) is 0 Å². The highest BCUT2D eigenvalue weighted by Crippen LogP contribution is 2.29. The van der Waals surface area contributed by atoms with Crippen LogP contribution in [0.3, 0.4) is 0 Å². The fraction of sp³-hybridized carbons (Fsp3) is 0.389. The van der Waals surface area contributed by atoms with Crippen molar-refractivity contribution in [2.75, 3.05) is 0 Å². The molecule has 24 heavy (non-hydrogen) atoms. The number of aliphatic hydroxyl groups excluding tert-OH is 2. The molecule has 6 heteroatoms. The Labute approximate surface area is 140 Å². The molecular formula is C18H22O6. The molecule has 0 spiro atoms. The highest BCUT2D eigenvalue weighted by atomic mass is 16.5. The molecule has 0 saturated carbocycles. The number of fused-ring (bicyclic) bond motifs is 1. The summed E-state index contributed by atoms with van der Waals surface area (Å²) < 4.78 is 5.29. The molecule has 1 heterocycles. The zero-order valence-electron chi connectivity index (χ0n) is 13.4. The second-order valence-corrected chi connectivity index (χ2v) is 5.85. The zero-order valence-corrected chi connectivity index (χ0v) is 13.4. The van der Waals surface area contributed by atoms with Crippen LogP contribution in [0.25, 0.3) is 6.08 Å². The minimum atomic E-state index is -0.982. The highest BCUT2D eigenvalue weighted by Gasteiger charge is 2.20. The molecule has 6 nitrogen and oxygen atoms in total. The standard InChI is InChI=1S/C18H22O6/c1-11-5-4-8-15(21)14(20)7-3-2-6-12-9-13(19)10-16(22)17(12)18(23)24-11/h2,4,6,8-11,14-15,19-22H,3,5,7H2,1H3/t11-,14-,15-/m1/s1. The van der Waals surface area contributed by atoms with Crippen molar-refractivity contribution >= 4 is 12.0 Å². The van der Waals surface area contributed by atoms with Crippen molar-refractivity contribution in [3.05, 3.63) is 41.5 Å². The fourth-order valence-electron chi connectivity index (χ4n) is 2.46. The maximum Gasteiger partial charge on any atom is 0.342 e. The molecule has 0 fully saturated rings. The number of esters is 1. The first kappa shape index (κ1) is 18.0. The van der Waals surface area contributed by atoms with Gasteiger partial charge in [0, 0.05) is 12.5 Å². The van der Waals surface area contributed by atoms with E-state index >= 15 is 0 Å². The third kappa shape index (κ3) is 4.59. The third-order valence-electron chi connectivity index (χ3n) is 3.77. The average Bonchev–Trinajstić information content (AvgIpc) is 2.49. The molecular weight excluding hydrogens is 312 g/mol. The first-order valence-corrected chi connectivity index (χ1v) is 7.84. The van der Waals surface area contributed by atoms with Gasteiger partial charge >= 0.3 is 5.97 Å². The van der Waals surface area contributed by atoms with E-state index in [4.69, 9.17) is 4.74 Å². The summed E-state index contributed by atoms with van der Waals surface area (Å²) in [6.07, 6.45) is 5.18. The Morgan fingerprint density at radius 2 is 1.92 bits per heavy atom. The van der Waals surface area contributed by atoms with Crippen LogP contribution in [0, 0.1) is 0 Å². The summed E-state index contributed by atoms with van der Waals surface area (Å²) in [6.45, 7) is 1.68. The first-order valence-electron chi connectivity index (χ1n) is 7.84. The van der Waals surface area contributed by atoms with Crippen LogP contribution in [-0.4, -0.2) is 44.7 Å². The lowest BCUT2D eigenvalue weighted by Gasteiger charge is -2.16. The van der Waals surface area contributed by atoms with Gasteiger partial charge < -0.3 is 25.2 Å². The van der Waals surface area contributed by atoms with Crippen LogP contribution < -0.4 is 0 Å². The molecule has 0 unspecified atom stereocenters. The van der Waals surface area contributed by atoms with Crippen LogP contribution in [-0.2, 0) is 4.74 Å². The summed E-state index contributed by atoms with van der Waals surface area (Å²) in [5.41, 5.74) is 0.310. The Balaban J connectivity index is 2.36. The van der Waals surface area contributed by atoms with Crippen molar-refractivity contribution in [2.45, 2.75) is 44.5 Å². The van der Waals surface area contributed by atoms with Gasteiger partial charge in [-0.2, -0.15) is 0 Å². The summed E-state index contributed by atoms with van der Waals surface area (Å²) >= 11 is 0. The maximum atomic E-state index is 12.3. The number of phenolic OH excluding ortho intramolecular Hbond substituents is 2. The van der Waals surface area contributed by atoms with Crippen LogP contribution in [0.1, 0.15) is 42.1 Å². The molecule has 1 aromatic rings. The summed E-state index contributed by atoms with van der Waals surface area (Å²) in [6, 6.07) is 2.44. The molecule has 0 aliphatic carbocycles. The number of carbonyl (C=O) groups excluding carboxylic acids is 1. The Morgan fingerprint density at radius 3 is 2.67 bits per heavy atom. The second kappa shape index (κ2) is 7.99. The second-order valence-electron chi connectivity index (χ2n) is 5.85. The number of aromatic hydroxyl groups is 2. The highest BCUT2D eigenvalue weighted by molar-refractivity contribution is 5.97. The predicted molar refractivity (Wildman–Crippen MR) is 88.7 cm³/mol. The number of allylic oxidation sites excluding steroid dienone is 1. The van der Waals surface area contributed by atoms with Gasteiger partial charge in [-0.1, -0.05) is 24.3 Å². The molecule has 4 N–H and O–H groups in total. The van der Waals surface area contributed by atoms with E-state index in [1.807, 2.05) is 0 Å². The minimum absolute atomic E-state index is 0.0162. The third-order valence-corrected chi connectivity index (χ3v) is 3.77. The van der Waals surface area contributed by atoms with Crippen molar-refractivity contribution < 1.29 is 30.0 Å². The van der Waals surface area contributed by atoms with Crippen molar-refractivity contribution in [3.8, 4) is 11.5 Å². The van der Waals surface area contributed by atoms with Crippen LogP contribution >= 0.6 is 0 Å². The quantitative estimate of drug-likeness (QED) is 0.428. The van der Waals surface area contributed by atoms with Gasteiger partial charge in [0.1, 0.15) is 23.2 Å². The van der Waals surface area contributed by atoms with E-state index in [-0.39, 0.29) is 17.1 Å². The smallest absolute Gasteiger partial charge is 0.342 e. The normalized spacial score (nSPS) is 25.6. The fourth-order valence-corrected chi connectivity index (χ4v) is 2.46. The maximum absolute atomic E-state index is 12.3. The topological polar surface area (TPSA) is 107 Å². The van der Waals surface area contributed by atoms with Crippen molar-refractivity contribution in [2.24, 2.45) is 0 Å². The molecule has 1 aliphatic rings. The van der Waals surface area contributed by atoms with Gasteiger partial charge in [-0.05, 0) is 31.4 Å². The predicted octanol–water partition coefficient (Wildman–Crippen LogP) is 2.12. The van der Waals surface area contributed by atoms with E-state index in [0.29, 0.717) is 24.8 Å². The van der Waals surface area contributed by atoms with Crippen molar-refractivity contribution in [1.29, 1.82) is 0 Å². The molecule has 0 saturated heterocycles. The molecule has 0 amide bonds. The summed E-state index contributed by atoms with van der Waals surface area (Å²) in [5.74, 6) is -1.22. The van der Waals surface area contributed by atoms with Gasteiger partial charge in [0.05, 0.1) is 12.2 Å². The first-order chi connectivity index (χ1) is 11.4. The Bertz CT molecular complexity index is 649. The van der Waals surface area contributed by atoms with E-state index < -0.39 is 24.3 Å². The number of benzene rings is 1.